The molecule has 0 heterocycles. The third-order valence-electron chi connectivity index (χ3n) is 1.10. The Labute approximate surface area is 77.6 Å². The largest absolute Gasteiger partial charge is 0.394 e. The van der Waals surface area contributed by atoms with Crippen molar-refractivity contribution in [3.63, 3.8) is 0 Å². The molecule has 8 heteroatoms. The molecular formula is C5H15N3O4S. The lowest BCUT2D eigenvalue weighted by atomic mass is 10.5. The lowest BCUT2D eigenvalue weighted by Gasteiger charge is -2.16. The van der Waals surface area contributed by atoms with Crippen molar-refractivity contribution in [3.05, 3.63) is 0 Å². The van der Waals surface area contributed by atoms with E-state index in [9.17, 15) is 0 Å². The van der Waals surface area contributed by atoms with Gasteiger partial charge in [-0.15, -0.1) is 0 Å². The Kier molecular flexibility index (Phi) is 7.48. The van der Waals surface area contributed by atoms with Gasteiger partial charge in [-0.3, -0.25) is 14.5 Å². The molecule has 0 saturated heterocycles. The van der Waals surface area contributed by atoms with Crippen molar-refractivity contribution in [1.82, 2.24) is 4.90 Å². The fraction of sp³-hybridized carbons (Fsp3) is 0.800. The van der Waals surface area contributed by atoms with Crippen LogP contribution in [-0.2, 0) is 10.4 Å². The van der Waals surface area contributed by atoms with Crippen LogP contribution in [0.15, 0.2) is 0 Å². The van der Waals surface area contributed by atoms with E-state index < -0.39 is 10.4 Å². The highest BCUT2D eigenvalue weighted by molar-refractivity contribution is 7.79. The Hall–Kier alpha value is -0.860. The monoisotopic (exact) mass is 213 g/mol. The Morgan fingerprint density at radius 2 is 1.62 bits per heavy atom. The molecule has 0 saturated carbocycles. The van der Waals surface area contributed by atoms with E-state index in [1.165, 1.54) is 0 Å². The van der Waals surface area contributed by atoms with Gasteiger partial charge in [-0.05, 0) is 13.8 Å². The van der Waals surface area contributed by atoms with E-state index in [0.29, 0.717) is 0 Å². The standard InChI is InChI=1S/C5H13N3.H2O4S/c1-3-8(4-2)5(6)7;1-5(2,3)4/h3-4H2,1-2H3,(H3,6,7);(H2,1,2,3,4). The van der Waals surface area contributed by atoms with Crippen LogP contribution in [0.5, 0.6) is 0 Å². The normalized spacial score (nSPS) is 9.85. The summed E-state index contributed by atoms with van der Waals surface area (Å²) in [6.07, 6.45) is 0. The molecule has 0 unspecified atom stereocenters. The second-order valence-electron chi connectivity index (χ2n) is 2.01. The molecule has 0 radical (unpaired) electrons. The summed E-state index contributed by atoms with van der Waals surface area (Å²) in [5, 5.41) is 6.96. The van der Waals surface area contributed by atoms with Crippen LogP contribution >= 0.6 is 0 Å². The van der Waals surface area contributed by atoms with Gasteiger partial charge in [0.05, 0.1) is 0 Å². The average Bonchev–Trinajstić information content (AvgIpc) is 1.85. The zero-order valence-electron chi connectivity index (χ0n) is 7.56. The summed E-state index contributed by atoms with van der Waals surface area (Å²) in [5.41, 5.74) is 5.17. The van der Waals surface area contributed by atoms with Gasteiger partial charge in [0.15, 0.2) is 5.96 Å². The minimum atomic E-state index is -4.67. The first-order chi connectivity index (χ1) is 5.72. The Morgan fingerprint density at radius 3 is 1.62 bits per heavy atom. The average molecular weight is 213 g/mol. The Morgan fingerprint density at radius 1 is 1.38 bits per heavy atom. The molecule has 0 aliphatic carbocycles. The van der Waals surface area contributed by atoms with Gasteiger partial charge in [0.1, 0.15) is 0 Å². The number of guanidine groups is 1. The van der Waals surface area contributed by atoms with Crippen molar-refractivity contribution < 1.29 is 17.5 Å². The lowest BCUT2D eigenvalue weighted by Crippen LogP contribution is -2.35. The number of hydrogen-bond acceptors (Lipinski definition) is 3. The molecule has 0 rings (SSSR count). The highest BCUT2D eigenvalue weighted by atomic mass is 32.3. The molecule has 0 aliphatic rings. The molecule has 0 atom stereocenters. The first-order valence-electron chi connectivity index (χ1n) is 3.51. The van der Waals surface area contributed by atoms with Crippen LogP contribution in [0.2, 0.25) is 0 Å². The number of nitrogens with two attached hydrogens (primary N) is 1. The summed E-state index contributed by atoms with van der Waals surface area (Å²) < 4.78 is 31.6. The van der Waals surface area contributed by atoms with Crippen molar-refractivity contribution in [2.75, 3.05) is 13.1 Å². The van der Waals surface area contributed by atoms with E-state index in [4.69, 9.17) is 28.7 Å². The number of hydrogen-bond donors (Lipinski definition) is 4. The first-order valence-corrected chi connectivity index (χ1v) is 4.90. The predicted octanol–water partition coefficient (Wildman–Crippen LogP) is -0.431. The van der Waals surface area contributed by atoms with E-state index in [2.05, 4.69) is 0 Å². The van der Waals surface area contributed by atoms with Gasteiger partial charge in [0.2, 0.25) is 0 Å². The molecule has 0 aromatic rings. The summed E-state index contributed by atoms with van der Waals surface area (Å²) in [6, 6.07) is 0. The summed E-state index contributed by atoms with van der Waals surface area (Å²) in [5.74, 6) is 0.162. The number of nitrogens with zero attached hydrogens (tertiary/aromatic N) is 1. The molecule has 0 spiro atoms. The van der Waals surface area contributed by atoms with Crippen molar-refractivity contribution in [2.24, 2.45) is 5.73 Å². The molecular weight excluding hydrogens is 198 g/mol. The van der Waals surface area contributed by atoms with Gasteiger partial charge in [0, 0.05) is 13.1 Å². The predicted molar refractivity (Wildman–Crippen MR) is 49.0 cm³/mol. The molecule has 0 aliphatic heterocycles. The molecule has 80 valence electrons. The quantitative estimate of drug-likeness (QED) is 0.280. The maximum Gasteiger partial charge on any atom is 0.394 e. The van der Waals surface area contributed by atoms with Crippen LogP contribution < -0.4 is 5.73 Å². The van der Waals surface area contributed by atoms with Crippen molar-refractivity contribution in [2.45, 2.75) is 13.8 Å². The number of rotatable bonds is 2. The van der Waals surface area contributed by atoms with Crippen molar-refractivity contribution in [1.29, 1.82) is 5.41 Å². The van der Waals surface area contributed by atoms with Gasteiger partial charge in [-0.25, -0.2) is 0 Å². The van der Waals surface area contributed by atoms with E-state index >= 15 is 0 Å². The summed E-state index contributed by atoms with van der Waals surface area (Å²) in [4.78, 5) is 1.78. The van der Waals surface area contributed by atoms with E-state index in [0.717, 1.165) is 13.1 Å². The third kappa shape index (κ3) is 18.3. The molecule has 13 heavy (non-hydrogen) atoms. The molecule has 0 aromatic carbocycles. The van der Waals surface area contributed by atoms with E-state index in [1.807, 2.05) is 13.8 Å². The van der Waals surface area contributed by atoms with Crippen molar-refractivity contribution in [3.8, 4) is 0 Å². The van der Waals surface area contributed by atoms with Gasteiger partial charge in [-0.1, -0.05) is 0 Å². The zero-order valence-corrected chi connectivity index (χ0v) is 8.37. The van der Waals surface area contributed by atoms with Crippen molar-refractivity contribution >= 4 is 16.4 Å². The fourth-order valence-corrected chi connectivity index (χ4v) is 0.564. The van der Waals surface area contributed by atoms with Gasteiger partial charge < -0.3 is 10.6 Å². The maximum atomic E-state index is 8.74. The Balaban J connectivity index is 0. The molecule has 0 amide bonds. The van der Waals surface area contributed by atoms with E-state index in [1.54, 1.807) is 4.90 Å². The number of nitrogens with one attached hydrogen (secondary N) is 1. The van der Waals surface area contributed by atoms with Gasteiger partial charge >= 0.3 is 10.4 Å². The molecule has 0 fully saturated rings. The second kappa shape index (κ2) is 6.63. The minimum absolute atomic E-state index is 0.162. The molecule has 5 N–H and O–H groups in total. The van der Waals surface area contributed by atoms with Gasteiger partial charge in [0.25, 0.3) is 0 Å². The van der Waals surface area contributed by atoms with Crippen LogP contribution in [0, 0.1) is 5.41 Å². The van der Waals surface area contributed by atoms with Crippen LogP contribution in [0.1, 0.15) is 13.8 Å². The summed E-state index contributed by atoms with van der Waals surface area (Å²) in [7, 11) is -4.67. The molecule has 0 bridgehead atoms. The van der Waals surface area contributed by atoms with Crippen LogP contribution in [0.3, 0.4) is 0 Å². The third-order valence-corrected chi connectivity index (χ3v) is 1.10. The Bertz CT molecular complexity index is 226. The lowest BCUT2D eigenvalue weighted by molar-refractivity contribution is 0.381. The van der Waals surface area contributed by atoms with Gasteiger partial charge in [-0.2, -0.15) is 8.42 Å². The SMILES string of the molecule is CCN(CC)C(=N)N.O=S(=O)(O)O. The topological polar surface area (TPSA) is 128 Å². The second-order valence-corrected chi connectivity index (χ2v) is 2.90. The molecule has 7 nitrogen and oxygen atoms in total. The summed E-state index contributed by atoms with van der Waals surface area (Å²) >= 11 is 0. The highest BCUT2D eigenvalue weighted by Crippen LogP contribution is 1.81. The first kappa shape index (κ1) is 14.7. The van der Waals surface area contributed by atoms with E-state index in [-0.39, 0.29) is 5.96 Å². The van der Waals surface area contributed by atoms with Crippen LogP contribution in [0.4, 0.5) is 0 Å². The zero-order chi connectivity index (χ0) is 11.1. The minimum Gasteiger partial charge on any atom is -0.370 e. The fourth-order valence-electron chi connectivity index (χ4n) is 0.564. The van der Waals surface area contributed by atoms with Crippen LogP contribution in [-0.4, -0.2) is 41.5 Å². The smallest absolute Gasteiger partial charge is 0.370 e. The maximum absolute atomic E-state index is 8.74. The summed E-state index contributed by atoms with van der Waals surface area (Å²) in [6.45, 7) is 5.60. The highest BCUT2D eigenvalue weighted by Gasteiger charge is 1.96. The van der Waals surface area contributed by atoms with Crippen LogP contribution in [0.25, 0.3) is 0 Å². The molecule has 0 aromatic heterocycles.